The van der Waals surface area contributed by atoms with Crippen molar-refractivity contribution in [2.75, 3.05) is 25.5 Å². The van der Waals surface area contributed by atoms with Crippen molar-refractivity contribution in [1.29, 1.82) is 0 Å². The van der Waals surface area contributed by atoms with Crippen molar-refractivity contribution >= 4 is 21.6 Å². The van der Waals surface area contributed by atoms with Crippen LogP contribution in [0.5, 0.6) is 5.75 Å². The number of amides is 1. The molecule has 0 aromatic heterocycles. The van der Waals surface area contributed by atoms with Gasteiger partial charge in [-0.3, -0.25) is 4.79 Å². The number of nitrogens with one attached hydrogen (secondary N) is 1. The van der Waals surface area contributed by atoms with Gasteiger partial charge in [-0.2, -0.15) is 4.31 Å². The summed E-state index contributed by atoms with van der Waals surface area (Å²) >= 11 is 0. The van der Waals surface area contributed by atoms with E-state index >= 15 is 0 Å². The van der Waals surface area contributed by atoms with Gasteiger partial charge < -0.3 is 10.1 Å². The van der Waals surface area contributed by atoms with Gasteiger partial charge in [0.2, 0.25) is 15.9 Å². The maximum atomic E-state index is 12.7. The number of nitrogens with zero attached hydrogens (tertiary/aromatic N) is 1. The molecule has 148 valence electrons. The highest BCUT2D eigenvalue weighted by atomic mass is 32.2. The maximum Gasteiger partial charge on any atom is 0.243 e. The Labute approximate surface area is 158 Å². The minimum Gasteiger partial charge on any atom is -0.495 e. The van der Waals surface area contributed by atoms with Crippen LogP contribution in [-0.4, -0.2) is 38.8 Å². The van der Waals surface area contributed by atoms with Gasteiger partial charge in [0.15, 0.2) is 0 Å². The molecule has 6 nitrogen and oxygen atoms in total. The molecule has 1 N–H and O–H groups in total. The third-order valence-electron chi connectivity index (χ3n) is 4.54. The van der Waals surface area contributed by atoms with Crippen LogP contribution in [0, 0.1) is 5.92 Å². The van der Waals surface area contributed by atoms with Crippen LogP contribution >= 0.6 is 0 Å². The Morgan fingerprint density at radius 1 is 1.19 bits per heavy atom. The summed E-state index contributed by atoms with van der Waals surface area (Å²) in [6.07, 6.45) is 3.58. The lowest BCUT2D eigenvalue weighted by atomic mass is 9.98. The Kier molecular flexibility index (Phi) is 9.08. The number of hydrogen-bond acceptors (Lipinski definition) is 4. The van der Waals surface area contributed by atoms with Gasteiger partial charge in [-0.05, 0) is 31.0 Å². The predicted molar refractivity (Wildman–Crippen MR) is 105 cm³/mol. The van der Waals surface area contributed by atoms with Crippen LogP contribution in [0.2, 0.25) is 0 Å². The van der Waals surface area contributed by atoms with Crippen LogP contribution in [-0.2, 0) is 14.8 Å². The van der Waals surface area contributed by atoms with Crippen molar-refractivity contribution in [2.24, 2.45) is 5.92 Å². The van der Waals surface area contributed by atoms with E-state index in [1.807, 2.05) is 6.92 Å². The van der Waals surface area contributed by atoms with Gasteiger partial charge >= 0.3 is 0 Å². The molecule has 1 amide bonds. The average molecular weight is 385 g/mol. The SMILES string of the molecule is CCCC[C@H](CC)C(=O)Nc1cc(S(=O)(=O)N(CC)CC)ccc1OC. The molecule has 0 aliphatic rings. The highest BCUT2D eigenvalue weighted by molar-refractivity contribution is 7.89. The van der Waals surface area contributed by atoms with E-state index in [1.165, 1.54) is 23.5 Å². The summed E-state index contributed by atoms with van der Waals surface area (Å²) in [5.74, 6) is 0.251. The summed E-state index contributed by atoms with van der Waals surface area (Å²) in [6.45, 7) is 8.45. The molecule has 1 aromatic carbocycles. The molecule has 0 aliphatic carbocycles. The minimum atomic E-state index is -3.60. The van der Waals surface area contributed by atoms with Crippen molar-refractivity contribution in [1.82, 2.24) is 4.31 Å². The zero-order valence-corrected chi connectivity index (χ0v) is 17.4. The number of anilines is 1. The van der Waals surface area contributed by atoms with Crippen LogP contribution in [0.1, 0.15) is 53.4 Å². The lowest BCUT2D eigenvalue weighted by Gasteiger charge is -2.20. The fraction of sp³-hybridized carbons (Fsp3) is 0.632. The number of methoxy groups -OCH3 is 1. The first kappa shape index (κ1) is 22.4. The fourth-order valence-electron chi connectivity index (χ4n) is 2.86. The van der Waals surface area contributed by atoms with E-state index in [-0.39, 0.29) is 16.7 Å². The Hall–Kier alpha value is -1.60. The van der Waals surface area contributed by atoms with Crippen LogP contribution in [0.3, 0.4) is 0 Å². The molecule has 26 heavy (non-hydrogen) atoms. The summed E-state index contributed by atoms with van der Waals surface area (Å²) < 4.78 is 32.2. The lowest BCUT2D eigenvalue weighted by Crippen LogP contribution is -2.30. The molecule has 0 fully saturated rings. The zero-order chi connectivity index (χ0) is 19.7. The smallest absolute Gasteiger partial charge is 0.243 e. The van der Waals surface area contributed by atoms with Crippen LogP contribution < -0.4 is 10.1 Å². The second-order valence-electron chi connectivity index (χ2n) is 6.19. The monoisotopic (exact) mass is 384 g/mol. The van der Waals surface area contributed by atoms with Gasteiger partial charge in [0.05, 0.1) is 17.7 Å². The number of hydrogen-bond donors (Lipinski definition) is 1. The number of carbonyl (C=O) groups is 1. The summed E-state index contributed by atoms with van der Waals surface area (Å²) in [5.41, 5.74) is 0.390. The summed E-state index contributed by atoms with van der Waals surface area (Å²) in [4.78, 5) is 12.8. The van der Waals surface area contributed by atoms with E-state index < -0.39 is 10.0 Å². The first-order valence-corrected chi connectivity index (χ1v) is 10.8. The van der Waals surface area contributed by atoms with Gasteiger partial charge in [0, 0.05) is 19.0 Å². The van der Waals surface area contributed by atoms with Crippen LogP contribution in [0.15, 0.2) is 23.1 Å². The number of unbranched alkanes of at least 4 members (excludes halogenated alkanes) is 1. The molecule has 0 radical (unpaired) electrons. The highest BCUT2D eigenvalue weighted by Crippen LogP contribution is 2.30. The second-order valence-corrected chi connectivity index (χ2v) is 8.13. The second kappa shape index (κ2) is 10.5. The van der Waals surface area contributed by atoms with E-state index in [0.29, 0.717) is 24.5 Å². The Bertz CT molecular complexity index is 685. The number of sulfonamides is 1. The van der Waals surface area contributed by atoms with E-state index in [9.17, 15) is 13.2 Å². The third-order valence-corrected chi connectivity index (χ3v) is 6.59. The van der Waals surface area contributed by atoms with Crippen molar-refractivity contribution in [3.05, 3.63) is 18.2 Å². The molecule has 7 heteroatoms. The average Bonchev–Trinajstić information content (AvgIpc) is 2.63. The third kappa shape index (κ3) is 5.45. The van der Waals surface area contributed by atoms with Crippen molar-refractivity contribution in [2.45, 2.75) is 58.3 Å². The normalized spacial score (nSPS) is 12.8. The molecule has 1 aromatic rings. The van der Waals surface area contributed by atoms with E-state index in [2.05, 4.69) is 12.2 Å². The van der Waals surface area contributed by atoms with Gasteiger partial charge in [0.1, 0.15) is 5.75 Å². The Morgan fingerprint density at radius 3 is 2.35 bits per heavy atom. The molecule has 0 saturated heterocycles. The Morgan fingerprint density at radius 2 is 1.85 bits per heavy atom. The van der Waals surface area contributed by atoms with Crippen molar-refractivity contribution in [3.63, 3.8) is 0 Å². The molecule has 0 aliphatic heterocycles. The molecular weight excluding hydrogens is 352 g/mol. The zero-order valence-electron chi connectivity index (χ0n) is 16.5. The summed E-state index contributed by atoms with van der Waals surface area (Å²) in [6, 6.07) is 4.58. The summed E-state index contributed by atoms with van der Waals surface area (Å²) in [5, 5.41) is 2.86. The fourth-order valence-corrected chi connectivity index (χ4v) is 4.35. The van der Waals surface area contributed by atoms with E-state index in [1.54, 1.807) is 19.9 Å². The quantitative estimate of drug-likeness (QED) is 0.628. The van der Waals surface area contributed by atoms with Gasteiger partial charge in [-0.25, -0.2) is 8.42 Å². The summed E-state index contributed by atoms with van der Waals surface area (Å²) in [7, 11) is -2.10. The number of carbonyl (C=O) groups excluding carboxylic acids is 1. The molecule has 0 unspecified atom stereocenters. The van der Waals surface area contributed by atoms with Crippen molar-refractivity contribution in [3.8, 4) is 5.75 Å². The van der Waals surface area contributed by atoms with E-state index in [0.717, 1.165) is 25.7 Å². The molecule has 1 atom stereocenters. The van der Waals surface area contributed by atoms with Gasteiger partial charge in [0.25, 0.3) is 0 Å². The number of ether oxygens (including phenoxy) is 1. The minimum absolute atomic E-state index is 0.0947. The molecule has 1 rings (SSSR count). The van der Waals surface area contributed by atoms with Gasteiger partial charge in [-0.15, -0.1) is 0 Å². The lowest BCUT2D eigenvalue weighted by molar-refractivity contribution is -0.120. The largest absolute Gasteiger partial charge is 0.495 e. The first-order chi connectivity index (χ1) is 12.3. The van der Waals surface area contributed by atoms with Crippen LogP contribution in [0.4, 0.5) is 5.69 Å². The first-order valence-electron chi connectivity index (χ1n) is 9.34. The predicted octanol–water partition coefficient (Wildman–Crippen LogP) is 3.88. The standard InChI is InChI=1S/C19H32N2O4S/c1-6-10-11-15(7-2)19(22)20-17-14-16(12-13-18(17)25-5)26(23,24)21(8-3)9-4/h12-15H,6-11H2,1-5H3,(H,20,22)/t15-/m0/s1. The molecule has 0 saturated carbocycles. The molecule has 0 heterocycles. The molecule has 0 spiro atoms. The van der Waals surface area contributed by atoms with Crippen LogP contribution in [0.25, 0.3) is 0 Å². The number of rotatable bonds is 11. The Balaban J connectivity index is 3.16. The number of benzene rings is 1. The van der Waals surface area contributed by atoms with Crippen molar-refractivity contribution < 1.29 is 17.9 Å². The van der Waals surface area contributed by atoms with Gasteiger partial charge in [-0.1, -0.05) is 40.5 Å². The maximum absolute atomic E-state index is 12.7. The molecular formula is C19H32N2O4S. The topological polar surface area (TPSA) is 75.7 Å². The molecule has 0 bridgehead atoms. The highest BCUT2D eigenvalue weighted by Gasteiger charge is 2.24. The van der Waals surface area contributed by atoms with E-state index in [4.69, 9.17) is 4.74 Å².